The summed E-state index contributed by atoms with van der Waals surface area (Å²) in [5.74, 6) is -0.566. The van der Waals surface area contributed by atoms with Crippen molar-refractivity contribution in [2.24, 2.45) is 0 Å². The van der Waals surface area contributed by atoms with Crippen LogP contribution >= 0.6 is 0 Å². The Morgan fingerprint density at radius 2 is 2.00 bits per heavy atom. The molecule has 5 rings (SSSR count). The number of aromatic nitrogens is 5. The molecule has 0 amide bonds. The Morgan fingerprint density at radius 1 is 1.10 bits per heavy atom. The van der Waals surface area contributed by atoms with E-state index in [4.69, 9.17) is 8.94 Å². The van der Waals surface area contributed by atoms with Gasteiger partial charge in [-0.15, -0.1) is 0 Å². The van der Waals surface area contributed by atoms with Gasteiger partial charge in [0.1, 0.15) is 5.82 Å². The fourth-order valence-corrected chi connectivity index (χ4v) is 3.06. The molecule has 1 N–H and O–H groups in total. The molecule has 3 aromatic heterocycles. The summed E-state index contributed by atoms with van der Waals surface area (Å²) in [5, 5.41) is 3.91. The molecule has 142 valence electrons. The molecule has 0 aliphatic rings. The minimum Gasteiger partial charge on any atom is -0.408 e. The molecule has 5 aromatic rings. The van der Waals surface area contributed by atoms with E-state index >= 15 is 4.39 Å². The van der Waals surface area contributed by atoms with E-state index in [1.165, 1.54) is 18.6 Å². The van der Waals surface area contributed by atoms with E-state index in [2.05, 4.69) is 25.1 Å². The minimum absolute atomic E-state index is 0.140. The first kappa shape index (κ1) is 17.0. The van der Waals surface area contributed by atoms with Crippen molar-refractivity contribution >= 4 is 11.1 Å². The van der Waals surface area contributed by atoms with Crippen LogP contribution in [0.3, 0.4) is 0 Å². The van der Waals surface area contributed by atoms with Gasteiger partial charge >= 0.3 is 5.76 Å². The molecular weight excluding hydrogens is 377 g/mol. The lowest BCUT2D eigenvalue weighted by Gasteiger charge is -2.04. The number of aromatic amines is 1. The number of H-pyrrole nitrogens is 1. The summed E-state index contributed by atoms with van der Waals surface area (Å²) in [5.41, 5.74) is 2.80. The van der Waals surface area contributed by atoms with E-state index in [0.717, 1.165) is 5.56 Å². The van der Waals surface area contributed by atoms with Gasteiger partial charge in [0.15, 0.2) is 5.58 Å². The number of nitrogens with one attached hydrogen (secondary N) is 1. The second-order valence-electron chi connectivity index (χ2n) is 6.29. The predicted octanol–water partition coefficient (Wildman–Crippen LogP) is 3.36. The lowest BCUT2D eigenvalue weighted by atomic mass is 10.1. The largest absolute Gasteiger partial charge is 0.417 e. The molecule has 0 unspecified atom stereocenters. The SMILES string of the molecule is O=c1[nH]c2cc(Cc3nc(-c4cccc(-c5cnccn5)c4F)no3)ccc2o1. The first-order valence-corrected chi connectivity index (χ1v) is 8.67. The molecule has 2 aromatic carbocycles. The summed E-state index contributed by atoms with van der Waals surface area (Å²) < 4.78 is 25.3. The third-order valence-corrected chi connectivity index (χ3v) is 4.39. The van der Waals surface area contributed by atoms with Crippen molar-refractivity contribution in [3.05, 3.63) is 82.8 Å². The molecule has 0 atom stereocenters. The topological polar surface area (TPSA) is 111 Å². The number of fused-ring (bicyclic) bond motifs is 1. The smallest absolute Gasteiger partial charge is 0.408 e. The molecule has 29 heavy (non-hydrogen) atoms. The first-order valence-electron chi connectivity index (χ1n) is 8.67. The van der Waals surface area contributed by atoms with Crippen LogP contribution in [0.5, 0.6) is 0 Å². The zero-order valence-electron chi connectivity index (χ0n) is 14.8. The highest BCUT2D eigenvalue weighted by atomic mass is 19.1. The molecule has 8 nitrogen and oxygen atoms in total. The van der Waals surface area contributed by atoms with Crippen molar-refractivity contribution in [3.8, 4) is 22.6 Å². The average molecular weight is 389 g/mol. The van der Waals surface area contributed by atoms with Crippen LogP contribution in [-0.2, 0) is 6.42 Å². The second kappa shape index (κ2) is 6.79. The Bertz CT molecular complexity index is 1370. The van der Waals surface area contributed by atoms with Gasteiger partial charge in [-0.2, -0.15) is 4.98 Å². The van der Waals surface area contributed by atoms with Crippen molar-refractivity contribution < 1.29 is 13.3 Å². The van der Waals surface area contributed by atoms with E-state index in [9.17, 15) is 4.79 Å². The van der Waals surface area contributed by atoms with Gasteiger partial charge in [0.2, 0.25) is 11.7 Å². The molecule has 0 saturated heterocycles. The summed E-state index contributed by atoms with van der Waals surface area (Å²) in [6, 6.07) is 10.1. The Morgan fingerprint density at radius 3 is 2.86 bits per heavy atom. The molecule has 0 aliphatic carbocycles. The van der Waals surface area contributed by atoms with Gasteiger partial charge in [-0.3, -0.25) is 15.0 Å². The summed E-state index contributed by atoms with van der Waals surface area (Å²) >= 11 is 0. The molecule has 0 fully saturated rings. The van der Waals surface area contributed by atoms with Crippen LogP contribution in [0.15, 0.2) is 68.7 Å². The number of benzene rings is 2. The molecule has 0 saturated carbocycles. The maximum Gasteiger partial charge on any atom is 0.417 e. The predicted molar refractivity (Wildman–Crippen MR) is 100 cm³/mol. The molecule has 0 aliphatic heterocycles. The van der Waals surface area contributed by atoms with Crippen LogP contribution in [-0.4, -0.2) is 25.1 Å². The summed E-state index contributed by atoms with van der Waals surface area (Å²) in [7, 11) is 0. The standard InChI is InChI=1S/C20H12FN5O3/c21-18-12(15-10-22-6-7-23-15)2-1-3-13(18)19-25-17(29-26-19)9-11-4-5-16-14(8-11)24-20(27)28-16/h1-8,10H,9H2,(H,24,27). The number of nitrogens with zero attached hydrogens (tertiary/aromatic N) is 4. The maximum atomic E-state index is 15.0. The maximum absolute atomic E-state index is 15.0. The molecule has 0 radical (unpaired) electrons. The fraction of sp³-hybridized carbons (Fsp3) is 0.0500. The molecule has 0 spiro atoms. The molecule has 9 heteroatoms. The second-order valence-corrected chi connectivity index (χ2v) is 6.29. The van der Waals surface area contributed by atoms with Crippen molar-refractivity contribution in [1.82, 2.24) is 25.1 Å². The van der Waals surface area contributed by atoms with Crippen molar-refractivity contribution in [3.63, 3.8) is 0 Å². The van der Waals surface area contributed by atoms with Gasteiger partial charge < -0.3 is 8.94 Å². The van der Waals surface area contributed by atoms with Gasteiger partial charge in [-0.25, -0.2) is 9.18 Å². The van der Waals surface area contributed by atoms with Gasteiger partial charge in [-0.05, 0) is 29.8 Å². The van der Waals surface area contributed by atoms with Crippen molar-refractivity contribution in [2.45, 2.75) is 6.42 Å². The van der Waals surface area contributed by atoms with E-state index in [-0.39, 0.29) is 11.4 Å². The van der Waals surface area contributed by atoms with Crippen LogP contribution < -0.4 is 5.76 Å². The highest BCUT2D eigenvalue weighted by Gasteiger charge is 2.17. The summed E-state index contributed by atoms with van der Waals surface area (Å²) in [4.78, 5) is 26.3. The Kier molecular flexibility index (Phi) is 3.98. The van der Waals surface area contributed by atoms with Gasteiger partial charge in [0.05, 0.1) is 29.4 Å². The monoisotopic (exact) mass is 389 g/mol. The average Bonchev–Trinajstić information content (AvgIpc) is 3.34. The molecule has 0 bridgehead atoms. The zero-order chi connectivity index (χ0) is 19.8. The normalized spacial score (nSPS) is 11.2. The van der Waals surface area contributed by atoms with Crippen LogP contribution in [0.1, 0.15) is 11.5 Å². The number of hydrogen-bond acceptors (Lipinski definition) is 7. The molecular formula is C20H12FN5O3. The zero-order valence-corrected chi connectivity index (χ0v) is 14.8. The number of hydrogen-bond donors (Lipinski definition) is 1. The van der Waals surface area contributed by atoms with E-state index in [0.29, 0.717) is 34.7 Å². The lowest BCUT2D eigenvalue weighted by molar-refractivity contribution is 0.385. The Labute approximate surface area is 162 Å². The Balaban J connectivity index is 1.46. The van der Waals surface area contributed by atoms with Crippen LogP contribution in [0.2, 0.25) is 0 Å². The fourth-order valence-electron chi connectivity index (χ4n) is 3.06. The number of rotatable bonds is 4. The molecule has 3 heterocycles. The quantitative estimate of drug-likeness (QED) is 0.502. The summed E-state index contributed by atoms with van der Waals surface area (Å²) in [6.45, 7) is 0. The lowest BCUT2D eigenvalue weighted by Crippen LogP contribution is -1.94. The third kappa shape index (κ3) is 3.18. The van der Waals surface area contributed by atoms with Crippen molar-refractivity contribution in [2.75, 3.05) is 0 Å². The minimum atomic E-state index is -0.518. The van der Waals surface area contributed by atoms with Crippen molar-refractivity contribution in [1.29, 1.82) is 0 Å². The van der Waals surface area contributed by atoms with E-state index in [1.807, 2.05) is 0 Å². The third-order valence-electron chi connectivity index (χ3n) is 4.39. The van der Waals surface area contributed by atoms with Crippen LogP contribution in [0.25, 0.3) is 33.7 Å². The van der Waals surface area contributed by atoms with Crippen LogP contribution in [0.4, 0.5) is 4.39 Å². The van der Waals surface area contributed by atoms with E-state index in [1.54, 1.807) is 36.4 Å². The highest BCUT2D eigenvalue weighted by Crippen LogP contribution is 2.28. The van der Waals surface area contributed by atoms with E-state index < -0.39 is 11.6 Å². The van der Waals surface area contributed by atoms with Crippen LogP contribution in [0, 0.1) is 5.82 Å². The summed E-state index contributed by atoms with van der Waals surface area (Å²) in [6.07, 6.45) is 4.83. The first-order chi connectivity index (χ1) is 14.2. The Hall–Kier alpha value is -4.14. The highest BCUT2D eigenvalue weighted by molar-refractivity contribution is 5.73. The van der Waals surface area contributed by atoms with Gasteiger partial charge in [-0.1, -0.05) is 17.3 Å². The number of oxazole rings is 1. The van der Waals surface area contributed by atoms with Gasteiger partial charge in [0.25, 0.3) is 0 Å². The number of halogens is 1. The van der Waals surface area contributed by atoms with Gasteiger partial charge in [0, 0.05) is 18.0 Å².